The van der Waals surface area contributed by atoms with Crippen molar-refractivity contribution in [3.63, 3.8) is 0 Å². The van der Waals surface area contributed by atoms with Crippen molar-refractivity contribution in [2.75, 3.05) is 6.54 Å². The summed E-state index contributed by atoms with van der Waals surface area (Å²) in [6, 6.07) is -0.321. The first kappa shape index (κ1) is 20.0. The Labute approximate surface area is 178 Å². The summed E-state index contributed by atoms with van der Waals surface area (Å²) in [5.41, 5.74) is -1.03. The lowest BCUT2D eigenvalue weighted by Gasteiger charge is -2.34. The molecule has 4 fully saturated rings. The highest BCUT2D eigenvalue weighted by Crippen LogP contribution is 2.55. The summed E-state index contributed by atoms with van der Waals surface area (Å²) >= 11 is 0. The van der Waals surface area contributed by atoms with E-state index in [-0.39, 0.29) is 35.7 Å². The molecular formula is C23H33N3O4. The van der Waals surface area contributed by atoms with Gasteiger partial charge < -0.3 is 20.3 Å². The molecule has 5 aliphatic rings. The minimum absolute atomic E-state index is 0.107. The third kappa shape index (κ3) is 3.17. The predicted molar refractivity (Wildman–Crippen MR) is 110 cm³/mol. The minimum Gasteiger partial charge on any atom is -0.359 e. The topological polar surface area (TPSA) is 87.7 Å². The predicted octanol–water partition coefficient (Wildman–Crippen LogP) is 1.52. The second-order valence-corrected chi connectivity index (χ2v) is 10.2. The highest BCUT2D eigenvalue weighted by atomic mass is 16.5. The van der Waals surface area contributed by atoms with E-state index < -0.39 is 29.6 Å². The van der Waals surface area contributed by atoms with Crippen LogP contribution in [-0.4, -0.2) is 59.0 Å². The standard InChI is InChI=1S/C23H33N3O4/c1-13(2)12-26-19(21(28)25-14-6-4-3-5-7-14)23-11-10-16(30-23)17(18(23)22(26)29)20(27)24-15-8-9-15/h10-11,13-19H,3-9,12H2,1-2H3,(H,24,27)(H,25,28)/t16-,17-,18+,19+,23-/m0/s1. The van der Waals surface area contributed by atoms with E-state index in [9.17, 15) is 14.4 Å². The molecule has 3 heterocycles. The van der Waals surface area contributed by atoms with Gasteiger partial charge in [-0.2, -0.15) is 0 Å². The van der Waals surface area contributed by atoms with Crippen molar-refractivity contribution in [1.82, 2.24) is 15.5 Å². The zero-order valence-corrected chi connectivity index (χ0v) is 17.9. The number of likely N-dealkylation sites (tertiary alicyclic amines) is 1. The van der Waals surface area contributed by atoms with Gasteiger partial charge in [-0.1, -0.05) is 45.3 Å². The Morgan fingerprint density at radius 1 is 1.10 bits per heavy atom. The number of nitrogens with one attached hydrogen (secondary N) is 2. The van der Waals surface area contributed by atoms with Crippen molar-refractivity contribution in [3.05, 3.63) is 12.2 Å². The van der Waals surface area contributed by atoms with Crippen LogP contribution in [0.15, 0.2) is 12.2 Å². The number of ether oxygens (including phenoxy) is 1. The van der Waals surface area contributed by atoms with Gasteiger partial charge >= 0.3 is 0 Å². The smallest absolute Gasteiger partial charge is 0.246 e. The molecule has 30 heavy (non-hydrogen) atoms. The number of carbonyl (C=O) groups is 3. The lowest BCUT2D eigenvalue weighted by molar-refractivity contribution is -0.142. The average Bonchev–Trinajstić information content (AvgIpc) is 3.25. The van der Waals surface area contributed by atoms with E-state index in [4.69, 9.17) is 4.74 Å². The van der Waals surface area contributed by atoms with Gasteiger partial charge in [0, 0.05) is 18.6 Å². The normalized spacial score (nSPS) is 37.7. The molecule has 0 unspecified atom stereocenters. The summed E-state index contributed by atoms with van der Waals surface area (Å²) in [6.45, 7) is 4.57. The summed E-state index contributed by atoms with van der Waals surface area (Å²) in [4.78, 5) is 41.8. The van der Waals surface area contributed by atoms with Crippen molar-refractivity contribution in [3.8, 4) is 0 Å². The fourth-order valence-corrected chi connectivity index (χ4v) is 5.91. The molecule has 0 aromatic rings. The lowest BCUT2D eigenvalue weighted by Crippen LogP contribution is -2.57. The van der Waals surface area contributed by atoms with E-state index in [1.807, 2.05) is 26.0 Å². The fraction of sp³-hybridized carbons (Fsp3) is 0.783. The molecule has 2 N–H and O–H groups in total. The van der Waals surface area contributed by atoms with E-state index in [0.29, 0.717) is 6.54 Å². The molecule has 2 bridgehead atoms. The number of hydrogen-bond acceptors (Lipinski definition) is 4. The van der Waals surface area contributed by atoms with Crippen LogP contribution in [0, 0.1) is 17.8 Å². The molecule has 0 radical (unpaired) electrons. The molecule has 1 spiro atoms. The maximum absolute atomic E-state index is 13.6. The molecule has 7 nitrogen and oxygen atoms in total. The van der Waals surface area contributed by atoms with Crippen LogP contribution in [0.1, 0.15) is 58.8 Å². The molecule has 7 heteroatoms. The monoisotopic (exact) mass is 415 g/mol. The van der Waals surface area contributed by atoms with Crippen LogP contribution in [0.3, 0.4) is 0 Å². The van der Waals surface area contributed by atoms with Gasteiger partial charge in [0.05, 0.1) is 17.9 Å². The van der Waals surface area contributed by atoms with E-state index in [1.54, 1.807) is 4.90 Å². The van der Waals surface area contributed by atoms with Crippen molar-refractivity contribution in [1.29, 1.82) is 0 Å². The molecular weight excluding hydrogens is 382 g/mol. The van der Waals surface area contributed by atoms with Crippen molar-refractivity contribution >= 4 is 17.7 Å². The number of rotatable bonds is 6. The van der Waals surface area contributed by atoms with Crippen LogP contribution in [0.25, 0.3) is 0 Å². The maximum atomic E-state index is 13.6. The lowest BCUT2D eigenvalue weighted by atomic mass is 9.74. The SMILES string of the molecule is CC(C)CN1C(=O)[C@H]2[C@@H](C(=O)NC3CC3)[C@@H]3C=C[C@@]2(O3)[C@H]1C(=O)NC1CCCCC1. The van der Waals surface area contributed by atoms with Crippen LogP contribution >= 0.6 is 0 Å². The second-order valence-electron chi connectivity index (χ2n) is 10.2. The summed E-state index contributed by atoms with van der Waals surface area (Å²) in [5, 5.41) is 6.27. The van der Waals surface area contributed by atoms with Crippen LogP contribution in [-0.2, 0) is 19.1 Å². The van der Waals surface area contributed by atoms with Gasteiger partial charge in [-0.15, -0.1) is 0 Å². The average molecular weight is 416 g/mol. The molecule has 3 amide bonds. The molecule has 0 aromatic heterocycles. The van der Waals surface area contributed by atoms with Crippen molar-refractivity contribution in [2.24, 2.45) is 17.8 Å². The Hall–Kier alpha value is -1.89. The molecule has 3 aliphatic heterocycles. The number of carbonyl (C=O) groups excluding carboxylic acids is 3. The van der Waals surface area contributed by atoms with Crippen molar-refractivity contribution < 1.29 is 19.1 Å². The van der Waals surface area contributed by atoms with Gasteiger partial charge in [0.1, 0.15) is 11.6 Å². The molecule has 2 saturated heterocycles. The third-order valence-corrected chi connectivity index (χ3v) is 7.36. The number of fused-ring (bicyclic) bond motifs is 1. The fourth-order valence-electron chi connectivity index (χ4n) is 5.91. The van der Waals surface area contributed by atoms with Crippen LogP contribution < -0.4 is 10.6 Å². The summed E-state index contributed by atoms with van der Waals surface area (Å²) in [5.74, 6) is -1.31. The van der Waals surface area contributed by atoms with E-state index in [0.717, 1.165) is 38.5 Å². The highest BCUT2D eigenvalue weighted by Gasteiger charge is 2.72. The Bertz CT molecular complexity index is 770. The Morgan fingerprint density at radius 3 is 2.43 bits per heavy atom. The Kier molecular flexibility index (Phi) is 4.92. The highest BCUT2D eigenvalue weighted by molar-refractivity contribution is 6.00. The van der Waals surface area contributed by atoms with E-state index in [1.165, 1.54) is 6.42 Å². The maximum Gasteiger partial charge on any atom is 0.246 e. The zero-order valence-electron chi connectivity index (χ0n) is 17.9. The summed E-state index contributed by atoms with van der Waals surface area (Å²) in [7, 11) is 0. The molecule has 2 saturated carbocycles. The molecule has 164 valence electrons. The van der Waals surface area contributed by atoms with Crippen LogP contribution in [0.2, 0.25) is 0 Å². The van der Waals surface area contributed by atoms with Crippen LogP contribution in [0.4, 0.5) is 0 Å². The first-order valence-corrected chi connectivity index (χ1v) is 11.7. The van der Waals surface area contributed by atoms with Gasteiger partial charge in [-0.25, -0.2) is 0 Å². The van der Waals surface area contributed by atoms with Crippen molar-refractivity contribution in [2.45, 2.75) is 88.6 Å². The van der Waals surface area contributed by atoms with E-state index >= 15 is 0 Å². The largest absolute Gasteiger partial charge is 0.359 e. The Morgan fingerprint density at radius 2 is 1.77 bits per heavy atom. The van der Waals surface area contributed by atoms with Gasteiger partial charge in [-0.05, 0) is 31.6 Å². The first-order chi connectivity index (χ1) is 14.4. The summed E-state index contributed by atoms with van der Waals surface area (Å²) in [6.07, 6.45) is 10.8. The Balaban J connectivity index is 1.44. The molecule has 5 rings (SSSR count). The molecule has 5 atom stereocenters. The quantitative estimate of drug-likeness (QED) is 0.644. The van der Waals surface area contributed by atoms with Crippen LogP contribution in [0.5, 0.6) is 0 Å². The third-order valence-electron chi connectivity index (χ3n) is 7.36. The second kappa shape index (κ2) is 7.36. The number of nitrogens with zero attached hydrogens (tertiary/aromatic N) is 1. The minimum atomic E-state index is -1.03. The van der Waals surface area contributed by atoms with E-state index in [2.05, 4.69) is 10.6 Å². The first-order valence-electron chi connectivity index (χ1n) is 11.7. The van der Waals surface area contributed by atoms with Gasteiger partial charge in [0.2, 0.25) is 17.7 Å². The molecule has 0 aromatic carbocycles. The number of hydrogen-bond donors (Lipinski definition) is 2. The van der Waals surface area contributed by atoms with Gasteiger partial charge in [0.15, 0.2) is 0 Å². The summed E-state index contributed by atoms with van der Waals surface area (Å²) < 4.78 is 6.33. The zero-order chi connectivity index (χ0) is 21.0. The van der Waals surface area contributed by atoms with Gasteiger partial charge in [0.25, 0.3) is 0 Å². The number of amides is 3. The molecule has 2 aliphatic carbocycles. The van der Waals surface area contributed by atoms with Gasteiger partial charge in [-0.3, -0.25) is 14.4 Å².